The number of amides is 2. The van der Waals surface area contributed by atoms with Crippen LogP contribution in [0.4, 0.5) is 5.69 Å². The Morgan fingerprint density at radius 1 is 0.907 bits per heavy atom. The van der Waals surface area contributed by atoms with Crippen molar-refractivity contribution >= 4 is 50.7 Å². The Labute approximate surface area is 266 Å². The lowest BCUT2D eigenvalue weighted by molar-refractivity contribution is -0.141. The van der Waals surface area contributed by atoms with Crippen molar-refractivity contribution < 1.29 is 18.0 Å². The summed E-state index contributed by atoms with van der Waals surface area (Å²) >= 11 is 12.4. The van der Waals surface area contributed by atoms with E-state index in [1.54, 1.807) is 23.1 Å². The van der Waals surface area contributed by atoms with Crippen molar-refractivity contribution in [3.63, 3.8) is 0 Å². The Morgan fingerprint density at radius 3 is 2.28 bits per heavy atom. The number of rotatable bonds is 15. The lowest BCUT2D eigenvalue weighted by Crippen LogP contribution is -2.50. The van der Waals surface area contributed by atoms with Gasteiger partial charge in [-0.25, -0.2) is 8.42 Å². The molecule has 0 aromatic heterocycles. The first-order valence-corrected chi connectivity index (χ1v) is 17.1. The SMILES string of the molecule is CCCCNC(=O)[C@@H](Cc1ccccc1)N(Cc1ccc(Cl)c(Cl)c1)C(=O)CCCN(c1cc(C)ccc1C)S(C)(=O)=O. The third kappa shape index (κ3) is 10.3. The van der Waals surface area contributed by atoms with Gasteiger partial charge in [-0.1, -0.05) is 85.1 Å². The number of carbonyl (C=O) groups is 2. The van der Waals surface area contributed by atoms with Crippen LogP contribution in [0.5, 0.6) is 0 Å². The number of unbranched alkanes of at least 4 members (excludes halogenated alkanes) is 1. The summed E-state index contributed by atoms with van der Waals surface area (Å²) in [6, 6.07) is 19.6. The molecule has 7 nitrogen and oxygen atoms in total. The van der Waals surface area contributed by atoms with Crippen LogP contribution in [0.25, 0.3) is 0 Å². The molecule has 0 aliphatic rings. The van der Waals surface area contributed by atoms with E-state index in [1.807, 2.05) is 69.3 Å². The number of nitrogens with one attached hydrogen (secondary N) is 1. The smallest absolute Gasteiger partial charge is 0.243 e. The van der Waals surface area contributed by atoms with Crippen molar-refractivity contribution in [1.82, 2.24) is 10.2 Å². The van der Waals surface area contributed by atoms with Crippen molar-refractivity contribution in [2.75, 3.05) is 23.7 Å². The number of hydrogen-bond acceptors (Lipinski definition) is 4. The van der Waals surface area contributed by atoms with E-state index in [9.17, 15) is 18.0 Å². The highest BCUT2D eigenvalue weighted by Gasteiger charge is 2.30. The predicted molar refractivity (Wildman–Crippen MR) is 176 cm³/mol. The van der Waals surface area contributed by atoms with Crippen LogP contribution in [0.2, 0.25) is 10.0 Å². The summed E-state index contributed by atoms with van der Waals surface area (Å²) in [5.41, 5.74) is 4.02. The number of nitrogens with zero attached hydrogens (tertiary/aromatic N) is 2. The van der Waals surface area contributed by atoms with Gasteiger partial charge in [0.2, 0.25) is 21.8 Å². The molecule has 3 aromatic rings. The molecule has 0 fully saturated rings. The van der Waals surface area contributed by atoms with Gasteiger partial charge in [0.15, 0.2) is 0 Å². The lowest BCUT2D eigenvalue weighted by atomic mass is 10.0. The average Bonchev–Trinajstić information content (AvgIpc) is 2.96. The second-order valence-corrected chi connectivity index (χ2v) is 13.6. The van der Waals surface area contributed by atoms with Gasteiger partial charge in [-0.2, -0.15) is 0 Å². The fourth-order valence-electron chi connectivity index (χ4n) is 4.87. The first-order chi connectivity index (χ1) is 20.4. The van der Waals surface area contributed by atoms with Crippen LogP contribution in [-0.2, 0) is 32.6 Å². The molecule has 0 aliphatic heterocycles. The zero-order chi connectivity index (χ0) is 31.6. The van der Waals surface area contributed by atoms with Gasteiger partial charge in [-0.15, -0.1) is 0 Å². The number of aryl methyl sites for hydroxylation is 2. The molecule has 0 heterocycles. The quantitative estimate of drug-likeness (QED) is 0.186. The summed E-state index contributed by atoms with van der Waals surface area (Å²) in [6.45, 7) is 6.59. The van der Waals surface area contributed by atoms with Crippen LogP contribution in [0.3, 0.4) is 0 Å². The number of hydrogen-bond donors (Lipinski definition) is 1. The maximum Gasteiger partial charge on any atom is 0.243 e. The molecular formula is C33H41Cl2N3O4S. The number of sulfonamides is 1. The molecule has 0 spiro atoms. The molecule has 1 N–H and O–H groups in total. The molecule has 10 heteroatoms. The molecule has 0 aliphatic carbocycles. The lowest BCUT2D eigenvalue weighted by Gasteiger charge is -2.32. The van der Waals surface area contributed by atoms with Crippen molar-refractivity contribution in [2.45, 2.75) is 65.5 Å². The van der Waals surface area contributed by atoms with Crippen LogP contribution in [0, 0.1) is 13.8 Å². The van der Waals surface area contributed by atoms with Gasteiger partial charge in [0.25, 0.3) is 0 Å². The summed E-state index contributed by atoms with van der Waals surface area (Å²) in [4.78, 5) is 29.2. The zero-order valence-electron chi connectivity index (χ0n) is 25.3. The summed E-state index contributed by atoms with van der Waals surface area (Å²) in [5.74, 6) is -0.495. The van der Waals surface area contributed by atoms with Crippen molar-refractivity contribution in [2.24, 2.45) is 0 Å². The number of anilines is 1. The van der Waals surface area contributed by atoms with E-state index in [4.69, 9.17) is 23.2 Å². The molecule has 0 saturated carbocycles. The second kappa shape index (κ2) is 16.1. The molecule has 43 heavy (non-hydrogen) atoms. The van der Waals surface area contributed by atoms with E-state index < -0.39 is 16.1 Å². The maximum atomic E-state index is 14.0. The Balaban J connectivity index is 1.91. The molecule has 3 rings (SSSR count). The van der Waals surface area contributed by atoms with Gasteiger partial charge in [0.1, 0.15) is 6.04 Å². The standard InChI is InChI=1S/C33H41Cl2N3O4S/c1-5-6-18-36-33(40)31(22-26-11-8-7-9-12-26)37(23-27-16-17-28(34)29(35)21-27)32(39)13-10-19-38(43(4,41)42)30-20-24(2)14-15-25(30)3/h7-9,11-12,14-17,20-21,31H,5-6,10,13,18-19,22-23H2,1-4H3,(H,36,40)/t31-/m1/s1. The summed E-state index contributed by atoms with van der Waals surface area (Å²) in [5, 5.41) is 3.76. The third-order valence-corrected chi connectivity index (χ3v) is 9.14. The summed E-state index contributed by atoms with van der Waals surface area (Å²) in [7, 11) is -3.60. The molecule has 0 bridgehead atoms. The number of carbonyl (C=O) groups excluding carboxylic acids is 2. The Bertz CT molecular complexity index is 1500. The Morgan fingerprint density at radius 2 is 1.63 bits per heavy atom. The van der Waals surface area contributed by atoms with E-state index in [0.717, 1.165) is 35.1 Å². The molecule has 0 radical (unpaired) electrons. The zero-order valence-corrected chi connectivity index (χ0v) is 27.6. The van der Waals surface area contributed by atoms with E-state index in [1.165, 1.54) is 10.6 Å². The minimum absolute atomic E-state index is 0.0474. The molecule has 232 valence electrons. The minimum Gasteiger partial charge on any atom is -0.354 e. The van der Waals surface area contributed by atoms with Gasteiger partial charge in [0, 0.05) is 32.5 Å². The largest absolute Gasteiger partial charge is 0.354 e. The van der Waals surface area contributed by atoms with Crippen molar-refractivity contribution in [1.29, 1.82) is 0 Å². The van der Waals surface area contributed by atoms with Gasteiger partial charge in [0.05, 0.1) is 22.0 Å². The number of benzene rings is 3. The Hall–Kier alpha value is -3.07. The fraction of sp³-hybridized carbons (Fsp3) is 0.394. The second-order valence-electron chi connectivity index (χ2n) is 10.8. The summed E-state index contributed by atoms with van der Waals surface area (Å²) < 4.78 is 26.9. The van der Waals surface area contributed by atoms with Crippen LogP contribution in [-0.4, -0.2) is 50.5 Å². The van der Waals surface area contributed by atoms with Gasteiger partial charge in [-0.05, 0) is 67.1 Å². The van der Waals surface area contributed by atoms with E-state index in [0.29, 0.717) is 28.7 Å². The molecule has 0 unspecified atom stereocenters. The van der Waals surface area contributed by atoms with Crippen LogP contribution in [0.15, 0.2) is 66.7 Å². The summed E-state index contributed by atoms with van der Waals surface area (Å²) in [6.07, 6.45) is 3.56. The molecule has 0 saturated heterocycles. The molecule has 2 amide bonds. The normalized spacial score (nSPS) is 12.0. The van der Waals surface area contributed by atoms with Crippen LogP contribution < -0.4 is 9.62 Å². The van der Waals surface area contributed by atoms with Crippen LogP contribution in [0.1, 0.15) is 54.9 Å². The van der Waals surface area contributed by atoms with Gasteiger partial charge >= 0.3 is 0 Å². The van der Waals surface area contributed by atoms with Gasteiger partial charge < -0.3 is 10.2 Å². The highest BCUT2D eigenvalue weighted by Crippen LogP contribution is 2.26. The van der Waals surface area contributed by atoms with E-state index in [-0.39, 0.29) is 37.7 Å². The third-order valence-electron chi connectivity index (χ3n) is 7.22. The minimum atomic E-state index is -3.60. The van der Waals surface area contributed by atoms with Crippen molar-refractivity contribution in [3.05, 3.63) is 99.0 Å². The molecule has 1 atom stereocenters. The van der Waals surface area contributed by atoms with E-state index >= 15 is 0 Å². The Kier molecular flexibility index (Phi) is 12.9. The topological polar surface area (TPSA) is 86.8 Å². The van der Waals surface area contributed by atoms with Crippen molar-refractivity contribution in [3.8, 4) is 0 Å². The molecule has 3 aromatic carbocycles. The predicted octanol–water partition coefficient (Wildman–Crippen LogP) is 6.71. The monoisotopic (exact) mass is 645 g/mol. The van der Waals surface area contributed by atoms with E-state index in [2.05, 4.69) is 5.32 Å². The maximum absolute atomic E-state index is 14.0. The first-order valence-electron chi connectivity index (χ1n) is 14.5. The first kappa shape index (κ1) is 34.4. The van der Waals surface area contributed by atoms with Gasteiger partial charge in [-0.3, -0.25) is 13.9 Å². The van der Waals surface area contributed by atoms with Crippen LogP contribution >= 0.6 is 23.2 Å². The fourth-order valence-corrected chi connectivity index (χ4v) is 6.20. The number of halogens is 2. The average molecular weight is 647 g/mol. The highest BCUT2D eigenvalue weighted by molar-refractivity contribution is 7.92. The molecular weight excluding hydrogens is 605 g/mol. The highest BCUT2D eigenvalue weighted by atomic mass is 35.5.